The van der Waals surface area contributed by atoms with E-state index in [1.165, 1.54) is 10.4 Å². The number of imidazole rings is 1. The Morgan fingerprint density at radius 1 is 1.32 bits per heavy atom. The lowest BCUT2D eigenvalue weighted by atomic mass is 10.2. The van der Waals surface area contributed by atoms with Gasteiger partial charge in [-0.05, 0) is 36.1 Å². The van der Waals surface area contributed by atoms with Crippen molar-refractivity contribution in [2.45, 2.75) is 26.3 Å². The van der Waals surface area contributed by atoms with Crippen molar-refractivity contribution in [3.05, 3.63) is 46.4 Å². The lowest BCUT2D eigenvalue weighted by molar-refractivity contribution is 0.679. The molecule has 0 atom stereocenters. The van der Waals surface area contributed by atoms with Gasteiger partial charge in [0.05, 0.1) is 11.0 Å². The van der Waals surface area contributed by atoms with Crippen LogP contribution in [0.5, 0.6) is 0 Å². The first-order chi connectivity index (χ1) is 9.28. The van der Waals surface area contributed by atoms with Crippen LogP contribution < -0.4 is 5.73 Å². The highest BCUT2D eigenvalue weighted by atomic mass is 32.1. The van der Waals surface area contributed by atoms with Crippen LogP contribution >= 0.6 is 11.3 Å². The largest absolute Gasteiger partial charge is 0.399 e. The number of hydrogen-bond donors (Lipinski definition) is 1. The van der Waals surface area contributed by atoms with Gasteiger partial charge in [0.25, 0.3) is 0 Å². The van der Waals surface area contributed by atoms with E-state index in [4.69, 9.17) is 5.73 Å². The predicted octanol–water partition coefficient (Wildman–Crippen LogP) is 3.49. The molecule has 0 bridgehead atoms. The van der Waals surface area contributed by atoms with Crippen molar-refractivity contribution in [2.75, 3.05) is 5.73 Å². The summed E-state index contributed by atoms with van der Waals surface area (Å²) in [4.78, 5) is 6.09. The summed E-state index contributed by atoms with van der Waals surface area (Å²) in [6.07, 6.45) is 2.00. The van der Waals surface area contributed by atoms with Crippen molar-refractivity contribution in [1.29, 1.82) is 0 Å². The Balaban J connectivity index is 1.96. The molecule has 3 nitrogen and oxygen atoms in total. The number of hydrogen-bond acceptors (Lipinski definition) is 3. The normalized spacial score (nSPS) is 11.2. The second-order valence-corrected chi connectivity index (χ2v) is 5.64. The van der Waals surface area contributed by atoms with E-state index in [0.29, 0.717) is 0 Å². The standard InChI is InChI=1S/C15H17N3S/c1-2-15-17-13-10-11(16)5-6-14(13)18(15)8-7-12-4-3-9-19-12/h3-6,9-10H,2,7-8,16H2,1H3. The topological polar surface area (TPSA) is 43.8 Å². The molecule has 0 fully saturated rings. The number of benzene rings is 1. The molecule has 0 saturated heterocycles. The van der Waals surface area contributed by atoms with E-state index >= 15 is 0 Å². The SMILES string of the molecule is CCc1nc2cc(N)ccc2n1CCc1cccs1. The van der Waals surface area contributed by atoms with E-state index in [0.717, 1.165) is 36.4 Å². The fourth-order valence-electron chi connectivity index (χ4n) is 2.39. The summed E-state index contributed by atoms with van der Waals surface area (Å²) in [6, 6.07) is 10.3. The molecule has 2 N–H and O–H groups in total. The molecule has 19 heavy (non-hydrogen) atoms. The number of nitrogens with zero attached hydrogens (tertiary/aromatic N) is 2. The molecular weight excluding hydrogens is 254 g/mol. The highest BCUT2D eigenvalue weighted by molar-refractivity contribution is 7.09. The number of nitrogen functional groups attached to an aromatic ring is 1. The summed E-state index contributed by atoms with van der Waals surface area (Å²) < 4.78 is 2.31. The van der Waals surface area contributed by atoms with Gasteiger partial charge in [0.15, 0.2) is 0 Å². The number of rotatable bonds is 4. The number of fused-ring (bicyclic) bond motifs is 1. The van der Waals surface area contributed by atoms with Gasteiger partial charge in [-0.2, -0.15) is 0 Å². The second-order valence-electron chi connectivity index (χ2n) is 4.61. The zero-order chi connectivity index (χ0) is 13.2. The van der Waals surface area contributed by atoms with Crippen LogP contribution in [0.3, 0.4) is 0 Å². The molecule has 0 amide bonds. The van der Waals surface area contributed by atoms with E-state index in [2.05, 4.69) is 40.1 Å². The van der Waals surface area contributed by atoms with Gasteiger partial charge in [-0.1, -0.05) is 13.0 Å². The summed E-state index contributed by atoms with van der Waals surface area (Å²) in [7, 11) is 0. The molecule has 0 aliphatic heterocycles. The molecule has 1 aromatic carbocycles. The number of nitrogens with two attached hydrogens (primary N) is 1. The van der Waals surface area contributed by atoms with Crippen LogP contribution in [0.4, 0.5) is 5.69 Å². The van der Waals surface area contributed by atoms with Crippen LogP contribution in [0.25, 0.3) is 11.0 Å². The lowest BCUT2D eigenvalue weighted by Gasteiger charge is -2.07. The summed E-state index contributed by atoms with van der Waals surface area (Å²) in [5.74, 6) is 1.14. The number of aromatic nitrogens is 2. The smallest absolute Gasteiger partial charge is 0.109 e. The number of thiophene rings is 1. The molecule has 0 spiro atoms. The Morgan fingerprint density at radius 2 is 2.21 bits per heavy atom. The highest BCUT2D eigenvalue weighted by Gasteiger charge is 2.09. The monoisotopic (exact) mass is 271 g/mol. The van der Waals surface area contributed by atoms with Gasteiger partial charge in [-0.25, -0.2) is 4.98 Å². The van der Waals surface area contributed by atoms with E-state index in [9.17, 15) is 0 Å². The first kappa shape index (κ1) is 12.2. The second kappa shape index (κ2) is 5.05. The minimum absolute atomic E-state index is 0.776. The molecule has 4 heteroatoms. The fourth-order valence-corrected chi connectivity index (χ4v) is 3.09. The van der Waals surface area contributed by atoms with Gasteiger partial charge < -0.3 is 10.3 Å². The van der Waals surface area contributed by atoms with Gasteiger partial charge in [-0.3, -0.25) is 0 Å². The Labute approximate surface area is 116 Å². The predicted molar refractivity (Wildman–Crippen MR) is 81.5 cm³/mol. The summed E-state index contributed by atoms with van der Waals surface area (Å²) in [5, 5.41) is 2.13. The average molecular weight is 271 g/mol. The zero-order valence-electron chi connectivity index (χ0n) is 11.0. The molecule has 98 valence electrons. The third-order valence-corrected chi connectivity index (χ3v) is 4.27. The van der Waals surface area contributed by atoms with Crippen molar-refractivity contribution < 1.29 is 0 Å². The van der Waals surface area contributed by atoms with Crippen LogP contribution in [0, 0.1) is 0 Å². The molecule has 0 unspecified atom stereocenters. The summed E-state index contributed by atoms with van der Waals surface area (Å²) >= 11 is 1.81. The molecule has 0 saturated carbocycles. The first-order valence-electron chi connectivity index (χ1n) is 6.55. The van der Waals surface area contributed by atoms with Crippen molar-refractivity contribution in [3.63, 3.8) is 0 Å². The maximum atomic E-state index is 5.83. The van der Waals surface area contributed by atoms with Crippen molar-refractivity contribution in [1.82, 2.24) is 9.55 Å². The molecular formula is C15H17N3S. The van der Waals surface area contributed by atoms with Crippen LogP contribution in [-0.4, -0.2) is 9.55 Å². The van der Waals surface area contributed by atoms with Crippen LogP contribution in [0.1, 0.15) is 17.6 Å². The maximum Gasteiger partial charge on any atom is 0.109 e. The van der Waals surface area contributed by atoms with Crippen molar-refractivity contribution >= 4 is 28.1 Å². The molecule has 3 rings (SSSR count). The van der Waals surface area contributed by atoms with Gasteiger partial charge in [0.1, 0.15) is 5.82 Å². The maximum absolute atomic E-state index is 5.83. The first-order valence-corrected chi connectivity index (χ1v) is 7.43. The minimum atomic E-state index is 0.776. The molecule has 2 aromatic heterocycles. The van der Waals surface area contributed by atoms with Crippen LogP contribution in [0.2, 0.25) is 0 Å². The van der Waals surface area contributed by atoms with Crippen molar-refractivity contribution in [3.8, 4) is 0 Å². The van der Waals surface area contributed by atoms with Crippen LogP contribution in [0.15, 0.2) is 35.7 Å². The minimum Gasteiger partial charge on any atom is -0.399 e. The van der Waals surface area contributed by atoms with E-state index in [-0.39, 0.29) is 0 Å². The molecule has 3 aromatic rings. The third-order valence-electron chi connectivity index (χ3n) is 3.33. The quantitative estimate of drug-likeness (QED) is 0.738. The van der Waals surface area contributed by atoms with Gasteiger partial charge in [-0.15, -0.1) is 11.3 Å². The van der Waals surface area contributed by atoms with E-state index < -0.39 is 0 Å². The van der Waals surface area contributed by atoms with Gasteiger partial charge in [0.2, 0.25) is 0 Å². The highest BCUT2D eigenvalue weighted by Crippen LogP contribution is 2.20. The molecule has 2 heterocycles. The zero-order valence-corrected chi connectivity index (χ0v) is 11.8. The summed E-state index contributed by atoms with van der Waals surface area (Å²) in [5.41, 5.74) is 8.79. The van der Waals surface area contributed by atoms with Crippen LogP contribution in [-0.2, 0) is 19.4 Å². The molecule has 0 aliphatic rings. The molecule has 0 aliphatic carbocycles. The number of aryl methyl sites for hydroxylation is 3. The van der Waals surface area contributed by atoms with Crippen molar-refractivity contribution in [2.24, 2.45) is 0 Å². The Morgan fingerprint density at radius 3 is 2.95 bits per heavy atom. The lowest BCUT2D eigenvalue weighted by Crippen LogP contribution is -2.04. The van der Waals surface area contributed by atoms with E-state index in [1.54, 1.807) is 0 Å². The van der Waals surface area contributed by atoms with E-state index in [1.807, 2.05) is 23.5 Å². The van der Waals surface area contributed by atoms with Gasteiger partial charge >= 0.3 is 0 Å². The average Bonchev–Trinajstić information content (AvgIpc) is 3.02. The third kappa shape index (κ3) is 2.36. The molecule has 0 radical (unpaired) electrons. The Bertz CT molecular complexity index is 683. The van der Waals surface area contributed by atoms with Gasteiger partial charge in [0, 0.05) is 23.5 Å². The number of anilines is 1. The Hall–Kier alpha value is -1.81. The Kier molecular flexibility index (Phi) is 3.25. The fraction of sp³-hybridized carbons (Fsp3) is 0.267. The summed E-state index contributed by atoms with van der Waals surface area (Å²) in [6.45, 7) is 3.12.